The Balaban J connectivity index is 1.56. The number of rotatable bonds is 1. The second-order valence-corrected chi connectivity index (χ2v) is 9.51. The topological polar surface area (TPSA) is 89.0 Å². The Hall–Kier alpha value is -2.68. The van der Waals surface area contributed by atoms with Crippen molar-refractivity contribution in [3.05, 3.63) is 17.7 Å². The molecule has 3 aliphatic rings. The first-order valence-corrected chi connectivity index (χ1v) is 10.5. The number of anilines is 1. The predicted molar refractivity (Wildman–Crippen MR) is 107 cm³/mol. The average molecular weight is 415 g/mol. The quantitative estimate of drug-likeness (QED) is 0.708. The third kappa shape index (κ3) is 2.78. The zero-order chi connectivity index (χ0) is 20.5. The largest absolute Gasteiger partial charge is 0.493 e. The zero-order valence-electron chi connectivity index (χ0n) is 16.4. The standard InChI is InChI=1S/C20H21N3O5S/c1-20(2,3)28-19(26)22-11-4-5-12(24)16(11)23(18(22)25)17-21-15-10-8-9-27-13(10)6-7-14(15)29-17/h6-7,11,16H,4-5,8-9H2,1-3H3/t11-,16-/m1/s1. The summed E-state index contributed by atoms with van der Waals surface area (Å²) in [7, 11) is 0. The lowest BCUT2D eigenvalue weighted by molar-refractivity contribution is -0.118. The van der Waals surface area contributed by atoms with Gasteiger partial charge in [-0.1, -0.05) is 11.3 Å². The van der Waals surface area contributed by atoms with Gasteiger partial charge in [0.05, 0.1) is 22.9 Å². The number of urea groups is 1. The van der Waals surface area contributed by atoms with Gasteiger partial charge >= 0.3 is 12.1 Å². The number of nitrogens with zero attached hydrogens (tertiary/aromatic N) is 3. The van der Waals surface area contributed by atoms with Crippen LogP contribution in [0.15, 0.2) is 12.1 Å². The third-order valence-corrected chi connectivity index (χ3v) is 6.44. The Morgan fingerprint density at radius 2 is 2.07 bits per heavy atom. The Bertz CT molecular complexity index is 1060. The fraction of sp³-hybridized carbons (Fsp3) is 0.500. The van der Waals surface area contributed by atoms with E-state index in [2.05, 4.69) is 0 Å². The molecule has 0 unspecified atom stereocenters. The van der Waals surface area contributed by atoms with Crippen LogP contribution in [-0.2, 0) is 16.0 Å². The van der Waals surface area contributed by atoms with Gasteiger partial charge in [0, 0.05) is 18.4 Å². The highest BCUT2D eigenvalue weighted by Gasteiger charge is 2.57. The van der Waals surface area contributed by atoms with Gasteiger partial charge < -0.3 is 9.47 Å². The first kappa shape index (κ1) is 18.4. The maximum absolute atomic E-state index is 13.2. The molecule has 2 fully saturated rings. The molecule has 3 amide bonds. The molecule has 1 saturated carbocycles. The lowest BCUT2D eigenvalue weighted by Crippen LogP contribution is -2.43. The minimum Gasteiger partial charge on any atom is -0.493 e. The van der Waals surface area contributed by atoms with E-state index in [0.717, 1.165) is 32.9 Å². The number of amides is 3. The van der Waals surface area contributed by atoms with E-state index in [1.165, 1.54) is 16.2 Å². The van der Waals surface area contributed by atoms with Gasteiger partial charge in [0.15, 0.2) is 10.9 Å². The van der Waals surface area contributed by atoms with Gasteiger partial charge in [0.2, 0.25) is 0 Å². The highest BCUT2D eigenvalue weighted by atomic mass is 32.1. The van der Waals surface area contributed by atoms with E-state index in [4.69, 9.17) is 14.5 Å². The number of hydrogen-bond acceptors (Lipinski definition) is 7. The maximum atomic E-state index is 13.2. The van der Waals surface area contributed by atoms with E-state index in [0.29, 0.717) is 24.6 Å². The highest BCUT2D eigenvalue weighted by Crippen LogP contribution is 2.42. The molecule has 1 aromatic heterocycles. The molecule has 9 heteroatoms. The molecule has 0 bridgehead atoms. The summed E-state index contributed by atoms with van der Waals surface area (Å²) in [6.45, 7) is 5.85. The number of hydrogen-bond donors (Lipinski definition) is 0. The number of carbonyl (C=O) groups excluding carboxylic acids is 3. The number of Topliss-reactive ketones (excluding diaryl/α,β-unsaturated/α-hetero) is 1. The van der Waals surface area contributed by atoms with Gasteiger partial charge in [-0.25, -0.2) is 19.5 Å². The van der Waals surface area contributed by atoms with E-state index >= 15 is 0 Å². The van der Waals surface area contributed by atoms with Crippen molar-refractivity contribution in [2.75, 3.05) is 11.5 Å². The number of fused-ring (bicyclic) bond motifs is 4. The van der Waals surface area contributed by atoms with E-state index in [1.54, 1.807) is 20.8 Å². The second kappa shape index (κ2) is 6.16. The van der Waals surface area contributed by atoms with Crippen LogP contribution in [0.4, 0.5) is 14.7 Å². The molecule has 2 aliphatic heterocycles. The van der Waals surface area contributed by atoms with Crippen molar-refractivity contribution >= 4 is 44.6 Å². The van der Waals surface area contributed by atoms with E-state index in [9.17, 15) is 14.4 Å². The van der Waals surface area contributed by atoms with Crippen LogP contribution < -0.4 is 9.64 Å². The monoisotopic (exact) mass is 415 g/mol. The molecule has 0 N–H and O–H groups in total. The van der Waals surface area contributed by atoms with Gasteiger partial charge in [-0.05, 0) is 39.3 Å². The van der Waals surface area contributed by atoms with Crippen LogP contribution in [0.25, 0.3) is 10.2 Å². The Morgan fingerprint density at radius 3 is 2.83 bits per heavy atom. The fourth-order valence-corrected chi connectivity index (χ4v) is 5.29. The number of imide groups is 1. The Kier molecular flexibility index (Phi) is 3.90. The maximum Gasteiger partial charge on any atom is 0.418 e. The fourth-order valence-electron chi connectivity index (χ4n) is 4.26. The first-order chi connectivity index (χ1) is 13.7. The Morgan fingerprint density at radius 1 is 1.28 bits per heavy atom. The van der Waals surface area contributed by atoms with Gasteiger partial charge in [-0.3, -0.25) is 9.69 Å². The number of ketones is 1. The summed E-state index contributed by atoms with van der Waals surface area (Å²) in [5, 5.41) is 0.432. The number of thiazole rings is 1. The summed E-state index contributed by atoms with van der Waals surface area (Å²) in [6.07, 6.45) is 0.815. The zero-order valence-corrected chi connectivity index (χ0v) is 17.2. The minimum atomic E-state index is -0.737. The highest BCUT2D eigenvalue weighted by molar-refractivity contribution is 7.22. The molecule has 1 aliphatic carbocycles. The van der Waals surface area contributed by atoms with Crippen LogP contribution in [0.3, 0.4) is 0 Å². The summed E-state index contributed by atoms with van der Waals surface area (Å²) in [4.78, 5) is 45.8. The molecule has 0 spiro atoms. The molecule has 8 nitrogen and oxygen atoms in total. The molecule has 3 heterocycles. The molecule has 2 aromatic rings. The van der Waals surface area contributed by atoms with Crippen LogP contribution in [0.2, 0.25) is 0 Å². The molecule has 5 rings (SSSR count). The smallest absolute Gasteiger partial charge is 0.418 e. The molecule has 1 saturated heterocycles. The lowest BCUT2D eigenvalue weighted by atomic mass is 10.1. The average Bonchev–Trinajstić information content (AvgIpc) is 3.36. The van der Waals surface area contributed by atoms with Gasteiger partial charge in [0.25, 0.3) is 0 Å². The molecular weight excluding hydrogens is 394 g/mol. The number of carbonyl (C=O) groups is 3. The predicted octanol–water partition coefficient (Wildman–Crippen LogP) is 3.51. The molecule has 2 atom stereocenters. The van der Waals surface area contributed by atoms with Crippen LogP contribution in [-0.4, -0.2) is 52.1 Å². The van der Waals surface area contributed by atoms with Crippen molar-refractivity contribution in [2.45, 2.75) is 57.7 Å². The van der Waals surface area contributed by atoms with Crippen molar-refractivity contribution in [3.8, 4) is 5.75 Å². The Labute approximate surface area is 171 Å². The van der Waals surface area contributed by atoms with Crippen molar-refractivity contribution in [2.24, 2.45) is 0 Å². The number of aromatic nitrogens is 1. The van der Waals surface area contributed by atoms with Gasteiger partial charge in [0.1, 0.15) is 17.4 Å². The lowest BCUT2D eigenvalue weighted by Gasteiger charge is -2.25. The van der Waals surface area contributed by atoms with Crippen LogP contribution in [0, 0.1) is 0 Å². The van der Waals surface area contributed by atoms with Crippen molar-refractivity contribution in [3.63, 3.8) is 0 Å². The van der Waals surface area contributed by atoms with E-state index in [1.807, 2.05) is 12.1 Å². The van der Waals surface area contributed by atoms with E-state index in [-0.39, 0.29) is 5.78 Å². The summed E-state index contributed by atoms with van der Waals surface area (Å²) >= 11 is 1.35. The third-order valence-electron chi connectivity index (χ3n) is 5.42. The molecule has 29 heavy (non-hydrogen) atoms. The molecular formula is C20H21N3O5S. The first-order valence-electron chi connectivity index (χ1n) is 9.68. The summed E-state index contributed by atoms with van der Waals surface area (Å²) in [5.74, 6) is 0.759. The van der Waals surface area contributed by atoms with Crippen LogP contribution in [0.5, 0.6) is 5.75 Å². The number of benzene rings is 1. The summed E-state index contributed by atoms with van der Waals surface area (Å²) in [5.41, 5.74) is 1.08. The van der Waals surface area contributed by atoms with Crippen molar-refractivity contribution < 1.29 is 23.9 Å². The van der Waals surface area contributed by atoms with E-state index < -0.39 is 29.8 Å². The normalized spacial score (nSPS) is 23.6. The minimum absolute atomic E-state index is 0.0535. The SMILES string of the molecule is CC(C)(C)OC(=O)N1C(=O)N(c2nc3c4c(ccc3s2)OCC4)[C@H]2C(=O)CC[C@H]21. The van der Waals surface area contributed by atoms with Crippen LogP contribution >= 0.6 is 11.3 Å². The second-order valence-electron chi connectivity index (χ2n) is 8.50. The van der Waals surface area contributed by atoms with Crippen LogP contribution in [0.1, 0.15) is 39.2 Å². The van der Waals surface area contributed by atoms with Gasteiger partial charge in [-0.2, -0.15) is 0 Å². The van der Waals surface area contributed by atoms with Gasteiger partial charge in [-0.15, -0.1) is 0 Å². The molecule has 0 radical (unpaired) electrons. The summed E-state index contributed by atoms with van der Waals surface area (Å²) < 4.78 is 12.0. The molecule has 1 aromatic carbocycles. The molecule has 152 valence electrons. The van der Waals surface area contributed by atoms with Crippen molar-refractivity contribution in [1.82, 2.24) is 9.88 Å². The summed E-state index contributed by atoms with van der Waals surface area (Å²) in [6, 6.07) is 2.05. The number of ether oxygens (including phenoxy) is 2. The van der Waals surface area contributed by atoms with Crippen molar-refractivity contribution in [1.29, 1.82) is 0 Å².